The second kappa shape index (κ2) is 13.0. The predicted molar refractivity (Wildman–Crippen MR) is 123 cm³/mol. The molecule has 1 aliphatic heterocycles. The molecule has 6 atom stereocenters. The van der Waals surface area contributed by atoms with Crippen molar-refractivity contribution in [1.82, 2.24) is 0 Å². The van der Waals surface area contributed by atoms with Crippen molar-refractivity contribution >= 4 is 35.5 Å². The molecule has 1 aliphatic rings. The van der Waals surface area contributed by atoms with Crippen molar-refractivity contribution in [3.63, 3.8) is 0 Å². The summed E-state index contributed by atoms with van der Waals surface area (Å²) in [6, 6.07) is 3.40. The van der Waals surface area contributed by atoms with Crippen molar-refractivity contribution in [1.29, 1.82) is 0 Å². The third-order valence-electron chi connectivity index (χ3n) is 4.98. The molecule has 14 nitrogen and oxygen atoms in total. The smallest absolute Gasteiger partial charge is 0.339 e. The maximum Gasteiger partial charge on any atom is 0.339 e. The fourth-order valence-electron chi connectivity index (χ4n) is 3.41. The molecule has 1 saturated heterocycles. The summed E-state index contributed by atoms with van der Waals surface area (Å²) in [5.74, 6) is -4.19. The first kappa shape index (κ1) is 29.5. The van der Waals surface area contributed by atoms with Crippen molar-refractivity contribution in [2.24, 2.45) is 5.73 Å². The molecule has 0 bridgehead atoms. The zero-order valence-electron chi connectivity index (χ0n) is 20.9. The van der Waals surface area contributed by atoms with E-state index in [1.54, 1.807) is 0 Å². The van der Waals surface area contributed by atoms with Gasteiger partial charge in [0.2, 0.25) is 18.3 Å². The molecule has 0 radical (unpaired) electrons. The molecule has 1 amide bonds. The summed E-state index contributed by atoms with van der Waals surface area (Å²) in [6.07, 6.45) is -8.00. The maximum absolute atomic E-state index is 12.6. The van der Waals surface area contributed by atoms with Crippen LogP contribution in [0.15, 0.2) is 18.2 Å². The van der Waals surface area contributed by atoms with Crippen LogP contribution >= 0.6 is 0 Å². The number of nitrogens with two attached hydrogens (primary N) is 1. The van der Waals surface area contributed by atoms with Crippen molar-refractivity contribution in [2.45, 2.75) is 71.0 Å². The highest BCUT2D eigenvalue weighted by molar-refractivity contribution is 5.95. The summed E-state index contributed by atoms with van der Waals surface area (Å²) >= 11 is 0. The first-order chi connectivity index (χ1) is 17.4. The third kappa shape index (κ3) is 7.87. The normalized spacial score (nSPS) is 23.7. The lowest BCUT2D eigenvalue weighted by Crippen LogP contribution is -2.64. The lowest BCUT2D eigenvalue weighted by molar-refractivity contribution is -0.282. The van der Waals surface area contributed by atoms with E-state index in [1.165, 1.54) is 25.1 Å². The van der Waals surface area contributed by atoms with Crippen LogP contribution in [-0.4, -0.2) is 78.7 Å². The number of hydrogen-bond acceptors (Lipinski definition) is 13. The van der Waals surface area contributed by atoms with Crippen molar-refractivity contribution < 1.29 is 57.5 Å². The summed E-state index contributed by atoms with van der Waals surface area (Å²) in [5.41, 5.74) is 6.09. The number of hydrogen-bond donors (Lipinski definition) is 3. The van der Waals surface area contributed by atoms with Gasteiger partial charge in [-0.1, -0.05) is 6.07 Å². The molecule has 0 aliphatic carbocycles. The minimum absolute atomic E-state index is 0.0705. The Kier molecular flexibility index (Phi) is 10.3. The molecule has 204 valence electrons. The van der Waals surface area contributed by atoms with E-state index in [1.807, 2.05) is 0 Å². The number of nitrogens with one attached hydrogen (secondary N) is 1. The number of esters is 4. The molecule has 4 N–H and O–H groups in total. The maximum atomic E-state index is 12.6. The van der Waals surface area contributed by atoms with Gasteiger partial charge in [0.05, 0.1) is 25.4 Å². The fourth-order valence-corrected chi connectivity index (χ4v) is 3.41. The van der Waals surface area contributed by atoms with Gasteiger partial charge in [-0.25, -0.2) is 4.79 Å². The topological polar surface area (TPSA) is 199 Å². The van der Waals surface area contributed by atoms with Gasteiger partial charge in [0, 0.05) is 20.8 Å². The number of benzene rings is 1. The molecule has 0 unspecified atom stereocenters. The first-order valence-electron chi connectivity index (χ1n) is 11.1. The molecular weight excluding hydrogens is 496 g/mol. The first-order valence-corrected chi connectivity index (χ1v) is 11.1. The Hall–Kier alpha value is -3.75. The quantitative estimate of drug-likeness (QED) is 0.276. The van der Waals surface area contributed by atoms with Gasteiger partial charge in [0.1, 0.15) is 5.75 Å². The largest absolute Gasteiger partial charge is 0.467 e. The van der Waals surface area contributed by atoms with E-state index in [-0.39, 0.29) is 11.4 Å². The molecule has 37 heavy (non-hydrogen) atoms. The number of carbonyl (C=O) groups is 5. The molecule has 0 spiro atoms. The summed E-state index contributed by atoms with van der Waals surface area (Å²) in [6.45, 7) is 4.23. The molecule has 2 rings (SSSR count). The molecule has 1 heterocycles. The van der Waals surface area contributed by atoms with Gasteiger partial charge in [0.15, 0.2) is 18.3 Å². The second-order valence-electron chi connectivity index (χ2n) is 8.05. The van der Waals surface area contributed by atoms with Gasteiger partial charge >= 0.3 is 23.9 Å². The van der Waals surface area contributed by atoms with Crippen LogP contribution in [0.5, 0.6) is 5.75 Å². The van der Waals surface area contributed by atoms with E-state index in [2.05, 4.69) is 5.32 Å². The Labute approximate surface area is 212 Å². The number of ether oxygens (including phenoxy) is 6. The fraction of sp³-hybridized carbons (Fsp3) is 0.522. The second-order valence-corrected chi connectivity index (χ2v) is 8.05. The summed E-state index contributed by atoms with van der Waals surface area (Å²) in [5, 5.41) is 12.1. The lowest BCUT2D eigenvalue weighted by Gasteiger charge is -2.43. The molecule has 1 fully saturated rings. The molecule has 1 aromatic rings. The van der Waals surface area contributed by atoms with E-state index < -0.39 is 73.1 Å². The summed E-state index contributed by atoms with van der Waals surface area (Å²) in [4.78, 5) is 60.4. The Morgan fingerprint density at radius 1 is 1.00 bits per heavy atom. The van der Waals surface area contributed by atoms with Crippen molar-refractivity contribution in [3.05, 3.63) is 23.8 Å². The van der Waals surface area contributed by atoms with Crippen molar-refractivity contribution in [3.8, 4) is 5.75 Å². The average Bonchev–Trinajstić information content (AvgIpc) is 2.81. The Balaban J connectivity index is 2.60. The Bertz CT molecular complexity index is 1030. The SMILES string of the molecule is COC(=O)[C@H]1O[C@@H](Oc2cc(CO)ccc2NC(=O)[C@H](C)N)[C@H](OC(C)=O)[C@@H](OC(C)=O)[C@@H]1OC(C)=O. The van der Waals surface area contributed by atoms with Gasteiger partial charge in [-0.15, -0.1) is 0 Å². The van der Waals surface area contributed by atoms with E-state index in [9.17, 15) is 29.1 Å². The highest BCUT2D eigenvalue weighted by Gasteiger charge is 2.56. The third-order valence-corrected chi connectivity index (χ3v) is 4.98. The van der Waals surface area contributed by atoms with Crippen LogP contribution in [-0.2, 0) is 54.3 Å². The van der Waals surface area contributed by atoms with E-state index in [0.717, 1.165) is 27.9 Å². The Morgan fingerprint density at radius 2 is 1.57 bits per heavy atom. The van der Waals surface area contributed by atoms with Crippen LogP contribution in [0.4, 0.5) is 5.69 Å². The molecular formula is C23H30N2O12. The monoisotopic (exact) mass is 526 g/mol. The van der Waals surface area contributed by atoms with Gasteiger partial charge in [-0.05, 0) is 24.6 Å². The van der Waals surface area contributed by atoms with Gasteiger partial charge in [-0.2, -0.15) is 0 Å². The van der Waals surface area contributed by atoms with Gasteiger partial charge in [0.25, 0.3) is 0 Å². The minimum Gasteiger partial charge on any atom is -0.467 e. The molecule has 0 saturated carbocycles. The number of aliphatic hydroxyl groups is 1. The number of rotatable bonds is 9. The number of methoxy groups -OCH3 is 1. The van der Waals surface area contributed by atoms with E-state index >= 15 is 0 Å². The van der Waals surface area contributed by atoms with E-state index in [4.69, 9.17) is 34.2 Å². The van der Waals surface area contributed by atoms with Crippen LogP contribution in [0.2, 0.25) is 0 Å². The average molecular weight is 526 g/mol. The summed E-state index contributed by atoms with van der Waals surface area (Å²) in [7, 11) is 1.05. The van der Waals surface area contributed by atoms with Crippen molar-refractivity contribution in [2.75, 3.05) is 12.4 Å². The highest BCUT2D eigenvalue weighted by atomic mass is 16.7. The number of aliphatic hydroxyl groups excluding tert-OH is 1. The summed E-state index contributed by atoms with van der Waals surface area (Å²) < 4.78 is 32.2. The van der Waals surface area contributed by atoms with Crippen LogP contribution in [0, 0.1) is 0 Å². The zero-order valence-corrected chi connectivity index (χ0v) is 20.9. The van der Waals surface area contributed by atoms with Crippen LogP contribution in [0.1, 0.15) is 33.3 Å². The number of anilines is 1. The number of carbonyl (C=O) groups excluding carboxylic acids is 5. The zero-order chi connectivity index (χ0) is 27.9. The lowest BCUT2D eigenvalue weighted by atomic mass is 9.97. The van der Waals surface area contributed by atoms with Crippen LogP contribution in [0.25, 0.3) is 0 Å². The number of amides is 1. The molecule has 14 heteroatoms. The predicted octanol–water partition coefficient (Wildman–Crippen LogP) is -0.464. The van der Waals surface area contributed by atoms with E-state index in [0.29, 0.717) is 5.56 Å². The van der Waals surface area contributed by atoms with Gasteiger partial charge in [-0.3, -0.25) is 19.2 Å². The highest BCUT2D eigenvalue weighted by Crippen LogP contribution is 2.34. The minimum atomic E-state index is -1.67. The standard InChI is InChI=1S/C23H30N2O12/c1-10(24)21(30)25-15-7-6-14(9-26)8-16(15)36-23-20(35-13(4)29)18(34-12(3)28)17(33-11(2)27)19(37-23)22(31)32-5/h6-8,10,17-20,23,26H,9,24H2,1-5H3,(H,25,30)/t10-,17-,18-,19-,20+,23+/m0/s1. The molecule has 0 aromatic heterocycles. The molecule has 1 aromatic carbocycles. The Morgan fingerprint density at radius 3 is 2.08 bits per heavy atom. The van der Waals surface area contributed by atoms with Crippen LogP contribution < -0.4 is 15.8 Å². The van der Waals surface area contributed by atoms with Gasteiger partial charge < -0.3 is 44.6 Å². The van der Waals surface area contributed by atoms with Crippen LogP contribution in [0.3, 0.4) is 0 Å².